The zero-order valence-corrected chi connectivity index (χ0v) is 9.61. The molecule has 1 heterocycles. The van der Waals surface area contributed by atoms with Crippen LogP contribution in [0.15, 0.2) is 0 Å². The molecule has 0 spiro atoms. The number of methoxy groups -OCH3 is 1. The Bertz CT molecular complexity index is 208. The number of rotatable bonds is 4. The van der Waals surface area contributed by atoms with Crippen LogP contribution in [-0.4, -0.2) is 49.3 Å². The molecule has 1 fully saturated rings. The van der Waals surface area contributed by atoms with Gasteiger partial charge in [-0.2, -0.15) is 0 Å². The fraction of sp³-hybridized carbons (Fsp3) is 0.909. The molecule has 1 saturated heterocycles. The van der Waals surface area contributed by atoms with Crippen LogP contribution >= 0.6 is 0 Å². The molecule has 1 rings (SSSR count). The van der Waals surface area contributed by atoms with Crippen LogP contribution < -0.4 is 0 Å². The third-order valence-electron chi connectivity index (χ3n) is 2.93. The molecule has 1 aliphatic rings. The van der Waals surface area contributed by atoms with E-state index in [1.54, 1.807) is 7.11 Å². The minimum Gasteiger partial charge on any atom is -0.396 e. The van der Waals surface area contributed by atoms with Crippen molar-refractivity contribution >= 4 is 5.91 Å². The van der Waals surface area contributed by atoms with Gasteiger partial charge in [0.15, 0.2) is 0 Å². The van der Waals surface area contributed by atoms with Crippen LogP contribution in [0.5, 0.6) is 0 Å². The Hall–Kier alpha value is -0.610. The Morgan fingerprint density at radius 2 is 2.40 bits per heavy atom. The lowest BCUT2D eigenvalue weighted by Gasteiger charge is -2.33. The highest BCUT2D eigenvalue weighted by Gasteiger charge is 2.26. The van der Waals surface area contributed by atoms with Crippen LogP contribution in [0.3, 0.4) is 0 Å². The first-order valence-electron chi connectivity index (χ1n) is 5.57. The first kappa shape index (κ1) is 12.5. The Morgan fingerprint density at radius 3 is 3.00 bits per heavy atom. The number of aliphatic hydroxyl groups is 1. The van der Waals surface area contributed by atoms with Crippen LogP contribution in [-0.2, 0) is 9.53 Å². The monoisotopic (exact) mass is 215 g/mol. The highest BCUT2D eigenvalue weighted by atomic mass is 16.5. The van der Waals surface area contributed by atoms with Crippen molar-refractivity contribution in [2.75, 3.05) is 33.4 Å². The molecule has 4 nitrogen and oxygen atoms in total. The lowest BCUT2D eigenvalue weighted by atomic mass is 9.98. The highest BCUT2D eigenvalue weighted by Crippen LogP contribution is 2.17. The Morgan fingerprint density at radius 1 is 1.67 bits per heavy atom. The van der Waals surface area contributed by atoms with Gasteiger partial charge in [0.05, 0.1) is 12.5 Å². The third kappa shape index (κ3) is 3.47. The number of hydrogen-bond donors (Lipinski definition) is 1. The van der Waals surface area contributed by atoms with Gasteiger partial charge < -0.3 is 14.7 Å². The summed E-state index contributed by atoms with van der Waals surface area (Å²) in [7, 11) is 1.61. The lowest BCUT2D eigenvalue weighted by molar-refractivity contribution is -0.138. The molecule has 0 aliphatic carbocycles. The van der Waals surface area contributed by atoms with E-state index in [2.05, 4.69) is 0 Å². The SMILES string of the molecule is COCC(C)C(=O)N1CCCC(CO)C1. The summed E-state index contributed by atoms with van der Waals surface area (Å²) in [6, 6.07) is 0. The van der Waals surface area contributed by atoms with Crippen LogP contribution in [0.2, 0.25) is 0 Å². The van der Waals surface area contributed by atoms with Crippen molar-refractivity contribution in [2.45, 2.75) is 19.8 Å². The summed E-state index contributed by atoms with van der Waals surface area (Å²) >= 11 is 0. The maximum atomic E-state index is 11.9. The maximum Gasteiger partial charge on any atom is 0.227 e. The van der Waals surface area contributed by atoms with E-state index < -0.39 is 0 Å². The average Bonchev–Trinajstić information content (AvgIpc) is 2.28. The van der Waals surface area contributed by atoms with Crippen molar-refractivity contribution in [3.8, 4) is 0 Å². The van der Waals surface area contributed by atoms with Crippen molar-refractivity contribution in [1.82, 2.24) is 4.90 Å². The number of carbonyl (C=O) groups is 1. The average molecular weight is 215 g/mol. The van der Waals surface area contributed by atoms with Gasteiger partial charge in [0.2, 0.25) is 5.91 Å². The Labute approximate surface area is 91.2 Å². The number of likely N-dealkylation sites (tertiary alicyclic amines) is 1. The summed E-state index contributed by atoms with van der Waals surface area (Å²) in [5, 5.41) is 9.07. The summed E-state index contributed by atoms with van der Waals surface area (Å²) in [5.41, 5.74) is 0. The van der Waals surface area contributed by atoms with E-state index in [1.807, 2.05) is 11.8 Å². The molecule has 88 valence electrons. The molecule has 0 aromatic rings. The van der Waals surface area contributed by atoms with Crippen LogP contribution in [0.1, 0.15) is 19.8 Å². The molecule has 4 heteroatoms. The van der Waals surface area contributed by atoms with Gasteiger partial charge in [0, 0.05) is 26.8 Å². The van der Waals surface area contributed by atoms with E-state index in [1.165, 1.54) is 0 Å². The number of nitrogens with zero attached hydrogens (tertiary/aromatic N) is 1. The quantitative estimate of drug-likeness (QED) is 0.743. The molecule has 1 aliphatic heterocycles. The van der Waals surface area contributed by atoms with Crippen molar-refractivity contribution in [3.05, 3.63) is 0 Å². The first-order chi connectivity index (χ1) is 7.19. The first-order valence-corrected chi connectivity index (χ1v) is 5.57. The summed E-state index contributed by atoms with van der Waals surface area (Å²) < 4.78 is 4.97. The molecule has 0 bridgehead atoms. The topological polar surface area (TPSA) is 49.8 Å². The molecule has 2 unspecified atom stereocenters. The molecular weight excluding hydrogens is 194 g/mol. The second-order valence-corrected chi connectivity index (χ2v) is 4.33. The molecule has 2 atom stereocenters. The molecule has 1 N–H and O–H groups in total. The molecule has 0 aromatic heterocycles. The zero-order valence-electron chi connectivity index (χ0n) is 9.61. The van der Waals surface area contributed by atoms with Gasteiger partial charge in [-0.15, -0.1) is 0 Å². The minimum atomic E-state index is -0.0764. The van der Waals surface area contributed by atoms with E-state index >= 15 is 0 Å². The molecule has 0 radical (unpaired) electrons. The lowest BCUT2D eigenvalue weighted by Crippen LogP contribution is -2.44. The van der Waals surface area contributed by atoms with Crippen LogP contribution in [0.4, 0.5) is 0 Å². The fourth-order valence-corrected chi connectivity index (χ4v) is 2.05. The fourth-order valence-electron chi connectivity index (χ4n) is 2.05. The smallest absolute Gasteiger partial charge is 0.227 e. The van der Waals surface area contributed by atoms with Gasteiger partial charge in [-0.25, -0.2) is 0 Å². The summed E-state index contributed by atoms with van der Waals surface area (Å²) in [6.45, 7) is 4.06. The zero-order chi connectivity index (χ0) is 11.3. The molecule has 15 heavy (non-hydrogen) atoms. The largest absolute Gasteiger partial charge is 0.396 e. The summed E-state index contributed by atoms with van der Waals surface area (Å²) in [5.74, 6) is 0.333. The van der Waals surface area contributed by atoms with E-state index in [0.717, 1.165) is 19.4 Å². The maximum absolute atomic E-state index is 11.9. The van der Waals surface area contributed by atoms with E-state index in [9.17, 15) is 4.79 Å². The van der Waals surface area contributed by atoms with Crippen molar-refractivity contribution in [3.63, 3.8) is 0 Å². The normalized spacial score (nSPS) is 23.9. The molecule has 0 aromatic carbocycles. The van der Waals surface area contributed by atoms with Gasteiger partial charge in [-0.1, -0.05) is 6.92 Å². The molecule has 1 amide bonds. The van der Waals surface area contributed by atoms with Crippen LogP contribution in [0, 0.1) is 11.8 Å². The number of piperidine rings is 1. The van der Waals surface area contributed by atoms with Crippen molar-refractivity contribution < 1.29 is 14.6 Å². The summed E-state index contributed by atoms with van der Waals surface area (Å²) in [6.07, 6.45) is 2.02. The third-order valence-corrected chi connectivity index (χ3v) is 2.93. The highest BCUT2D eigenvalue weighted by molar-refractivity contribution is 5.78. The predicted octanol–water partition coefficient (Wildman–Crippen LogP) is 0.500. The van der Waals surface area contributed by atoms with Crippen LogP contribution in [0.25, 0.3) is 0 Å². The number of ether oxygens (including phenoxy) is 1. The van der Waals surface area contributed by atoms with E-state index in [0.29, 0.717) is 13.2 Å². The Balaban J connectivity index is 2.44. The number of amides is 1. The Kier molecular flexibility index (Phi) is 5.05. The van der Waals surface area contributed by atoms with Gasteiger partial charge in [0.1, 0.15) is 0 Å². The molecule has 0 saturated carbocycles. The van der Waals surface area contributed by atoms with Crippen molar-refractivity contribution in [1.29, 1.82) is 0 Å². The van der Waals surface area contributed by atoms with E-state index in [4.69, 9.17) is 9.84 Å². The standard InChI is InChI=1S/C11H21NO3/c1-9(8-15-2)11(14)12-5-3-4-10(6-12)7-13/h9-10,13H,3-8H2,1-2H3. The minimum absolute atomic E-state index is 0.0764. The van der Waals surface area contributed by atoms with Gasteiger partial charge in [0.25, 0.3) is 0 Å². The van der Waals surface area contributed by atoms with Gasteiger partial charge in [-0.05, 0) is 18.8 Å². The van der Waals surface area contributed by atoms with Crippen molar-refractivity contribution in [2.24, 2.45) is 11.8 Å². The number of hydrogen-bond acceptors (Lipinski definition) is 3. The van der Waals surface area contributed by atoms with Gasteiger partial charge in [-0.3, -0.25) is 4.79 Å². The second kappa shape index (κ2) is 6.08. The van der Waals surface area contributed by atoms with E-state index in [-0.39, 0.29) is 24.3 Å². The number of carbonyl (C=O) groups excluding carboxylic acids is 1. The molecular formula is C11H21NO3. The second-order valence-electron chi connectivity index (χ2n) is 4.33. The summed E-state index contributed by atoms with van der Waals surface area (Å²) in [4.78, 5) is 13.8. The van der Waals surface area contributed by atoms with Gasteiger partial charge >= 0.3 is 0 Å². The number of aliphatic hydroxyl groups excluding tert-OH is 1. The predicted molar refractivity (Wildman–Crippen MR) is 57.4 cm³/mol.